The predicted octanol–water partition coefficient (Wildman–Crippen LogP) is 4.38. The molecule has 0 saturated heterocycles. The maximum absolute atomic E-state index is 2.48. The lowest BCUT2D eigenvalue weighted by Gasteiger charge is -2.37. The van der Waals surface area contributed by atoms with Crippen molar-refractivity contribution in [2.45, 2.75) is 40.3 Å². The SMILES string of the molecule is CC1=CN(Cc2ccccc2)C(C(C)C)C(C)=C1. The number of hydrogen-bond donors (Lipinski definition) is 0. The monoisotopic (exact) mass is 241 g/mol. The molecule has 1 atom stereocenters. The Hall–Kier alpha value is -1.50. The number of hydrogen-bond acceptors (Lipinski definition) is 1. The van der Waals surface area contributed by atoms with E-state index in [-0.39, 0.29) is 0 Å². The Morgan fingerprint density at radius 1 is 1.11 bits per heavy atom. The first-order valence-electron chi connectivity index (χ1n) is 6.74. The minimum atomic E-state index is 0.522. The van der Waals surface area contributed by atoms with E-state index in [4.69, 9.17) is 0 Å². The molecule has 1 aromatic rings. The summed E-state index contributed by atoms with van der Waals surface area (Å²) in [4.78, 5) is 2.48. The van der Waals surface area contributed by atoms with E-state index < -0.39 is 0 Å². The van der Waals surface area contributed by atoms with Crippen molar-refractivity contribution < 1.29 is 0 Å². The zero-order chi connectivity index (χ0) is 13.1. The van der Waals surface area contributed by atoms with Crippen molar-refractivity contribution >= 4 is 0 Å². The minimum Gasteiger partial charge on any atom is -0.366 e. The molecule has 0 fully saturated rings. The fraction of sp³-hybridized carbons (Fsp3) is 0.412. The lowest BCUT2D eigenvalue weighted by molar-refractivity contribution is 0.239. The molecule has 0 aliphatic carbocycles. The first-order chi connectivity index (χ1) is 8.58. The summed E-state index contributed by atoms with van der Waals surface area (Å²) in [5.74, 6) is 0.634. The average Bonchev–Trinajstić information content (AvgIpc) is 2.28. The van der Waals surface area contributed by atoms with E-state index in [0.717, 1.165) is 6.54 Å². The van der Waals surface area contributed by atoms with Crippen LogP contribution in [0.15, 0.2) is 53.8 Å². The summed E-state index contributed by atoms with van der Waals surface area (Å²) < 4.78 is 0. The van der Waals surface area contributed by atoms with Gasteiger partial charge in [-0.25, -0.2) is 0 Å². The molecule has 0 N–H and O–H groups in total. The maximum atomic E-state index is 2.48. The van der Waals surface area contributed by atoms with Crippen LogP contribution in [0, 0.1) is 5.92 Å². The van der Waals surface area contributed by atoms with Crippen LogP contribution < -0.4 is 0 Å². The Balaban J connectivity index is 2.22. The molecule has 1 aliphatic rings. The van der Waals surface area contributed by atoms with Crippen LogP contribution in [0.25, 0.3) is 0 Å². The molecule has 1 unspecified atom stereocenters. The highest BCUT2D eigenvalue weighted by Crippen LogP contribution is 2.27. The number of rotatable bonds is 3. The highest BCUT2D eigenvalue weighted by atomic mass is 15.1. The topological polar surface area (TPSA) is 3.24 Å². The Morgan fingerprint density at radius 2 is 1.78 bits per heavy atom. The van der Waals surface area contributed by atoms with Crippen LogP contribution in [0.3, 0.4) is 0 Å². The third-order valence-corrected chi connectivity index (χ3v) is 3.49. The van der Waals surface area contributed by atoms with Gasteiger partial charge in [-0.2, -0.15) is 0 Å². The fourth-order valence-electron chi connectivity index (χ4n) is 2.93. The van der Waals surface area contributed by atoms with Crippen LogP contribution >= 0.6 is 0 Å². The van der Waals surface area contributed by atoms with Gasteiger partial charge in [-0.05, 0) is 30.9 Å². The lowest BCUT2D eigenvalue weighted by atomic mass is 9.91. The molecule has 0 aromatic heterocycles. The molecule has 96 valence electrons. The van der Waals surface area contributed by atoms with Crippen molar-refractivity contribution in [3.05, 3.63) is 59.3 Å². The maximum Gasteiger partial charge on any atom is 0.0524 e. The van der Waals surface area contributed by atoms with Gasteiger partial charge in [-0.15, -0.1) is 0 Å². The summed E-state index contributed by atoms with van der Waals surface area (Å²) in [5, 5.41) is 0. The van der Waals surface area contributed by atoms with E-state index in [9.17, 15) is 0 Å². The average molecular weight is 241 g/mol. The smallest absolute Gasteiger partial charge is 0.0524 e. The van der Waals surface area contributed by atoms with E-state index >= 15 is 0 Å². The Bertz CT molecular complexity index is 454. The van der Waals surface area contributed by atoms with Crippen molar-refractivity contribution in [2.75, 3.05) is 0 Å². The number of benzene rings is 1. The fourth-order valence-corrected chi connectivity index (χ4v) is 2.93. The lowest BCUT2D eigenvalue weighted by Crippen LogP contribution is -2.37. The molecule has 18 heavy (non-hydrogen) atoms. The quantitative estimate of drug-likeness (QED) is 0.759. The van der Waals surface area contributed by atoms with Crippen molar-refractivity contribution in [3.63, 3.8) is 0 Å². The van der Waals surface area contributed by atoms with Crippen molar-refractivity contribution in [1.29, 1.82) is 0 Å². The van der Waals surface area contributed by atoms with Crippen LogP contribution in [0.1, 0.15) is 33.3 Å². The van der Waals surface area contributed by atoms with Crippen molar-refractivity contribution in [2.24, 2.45) is 5.92 Å². The summed E-state index contributed by atoms with van der Waals surface area (Å²) in [6.45, 7) is 10.0. The van der Waals surface area contributed by atoms with Gasteiger partial charge in [0.2, 0.25) is 0 Å². The van der Waals surface area contributed by atoms with E-state index in [1.165, 1.54) is 16.7 Å². The van der Waals surface area contributed by atoms with E-state index in [2.05, 4.69) is 75.2 Å². The van der Waals surface area contributed by atoms with Gasteiger partial charge in [0.05, 0.1) is 6.04 Å². The summed E-state index contributed by atoms with van der Waals surface area (Å²) in [6, 6.07) is 11.2. The normalized spacial score (nSPS) is 19.8. The summed E-state index contributed by atoms with van der Waals surface area (Å²) in [5.41, 5.74) is 4.20. The van der Waals surface area contributed by atoms with Gasteiger partial charge in [0.25, 0.3) is 0 Å². The van der Waals surface area contributed by atoms with Crippen LogP contribution in [-0.2, 0) is 6.54 Å². The Labute approximate surface area is 111 Å². The van der Waals surface area contributed by atoms with Crippen LogP contribution in [0.4, 0.5) is 0 Å². The molecule has 1 aromatic carbocycles. The molecule has 0 amide bonds. The third-order valence-electron chi connectivity index (χ3n) is 3.49. The standard InChI is InChI=1S/C17H23N/c1-13(2)17-15(4)10-14(3)11-18(17)12-16-8-6-5-7-9-16/h5-11,13,17H,12H2,1-4H3. The van der Waals surface area contributed by atoms with E-state index in [1.54, 1.807) is 0 Å². The highest BCUT2D eigenvalue weighted by Gasteiger charge is 2.24. The first kappa shape index (κ1) is 12.9. The molecule has 0 radical (unpaired) electrons. The van der Waals surface area contributed by atoms with Crippen molar-refractivity contribution in [1.82, 2.24) is 4.90 Å². The van der Waals surface area contributed by atoms with Crippen LogP contribution in [0.2, 0.25) is 0 Å². The largest absolute Gasteiger partial charge is 0.366 e. The van der Waals surface area contributed by atoms with Gasteiger partial charge in [-0.1, -0.05) is 55.8 Å². The minimum absolute atomic E-state index is 0.522. The highest BCUT2D eigenvalue weighted by molar-refractivity contribution is 5.30. The molecule has 1 heteroatoms. The first-order valence-corrected chi connectivity index (χ1v) is 6.74. The van der Waals surface area contributed by atoms with Gasteiger partial charge in [0.1, 0.15) is 0 Å². The predicted molar refractivity (Wildman–Crippen MR) is 78.1 cm³/mol. The molecule has 0 saturated carbocycles. The zero-order valence-electron chi connectivity index (χ0n) is 11.9. The van der Waals surface area contributed by atoms with Gasteiger partial charge < -0.3 is 4.90 Å². The van der Waals surface area contributed by atoms with Crippen molar-refractivity contribution in [3.8, 4) is 0 Å². The Kier molecular flexibility index (Phi) is 3.90. The molecule has 0 spiro atoms. The molecule has 1 aliphatic heterocycles. The number of allylic oxidation sites excluding steroid dienone is 2. The zero-order valence-corrected chi connectivity index (χ0v) is 11.9. The number of nitrogens with zero attached hydrogens (tertiary/aromatic N) is 1. The van der Waals surface area contributed by atoms with Gasteiger partial charge in [-0.3, -0.25) is 0 Å². The second kappa shape index (κ2) is 5.43. The summed E-state index contributed by atoms with van der Waals surface area (Å²) in [7, 11) is 0. The van der Waals surface area contributed by atoms with E-state index in [1.807, 2.05) is 0 Å². The van der Waals surface area contributed by atoms with Crippen LogP contribution in [0.5, 0.6) is 0 Å². The second-order valence-electron chi connectivity index (χ2n) is 5.61. The molecule has 0 bridgehead atoms. The summed E-state index contributed by atoms with van der Waals surface area (Å²) in [6.07, 6.45) is 4.61. The molecule has 1 heterocycles. The molecular weight excluding hydrogens is 218 g/mol. The summed E-state index contributed by atoms with van der Waals surface area (Å²) >= 11 is 0. The molecular formula is C17H23N. The van der Waals surface area contributed by atoms with Gasteiger partial charge >= 0.3 is 0 Å². The Morgan fingerprint density at radius 3 is 2.39 bits per heavy atom. The van der Waals surface area contributed by atoms with Gasteiger partial charge in [0, 0.05) is 12.7 Å². The third kappa shape index (κ3) is 2.84. The van der Waals surface area contributed by atoms with E-state index in [0.29, 0.717) is 12.0 Å². The second-order valence-corrected chi connectivity index (χ2v) is 5.61. The molecule has 2 rings (SSSR count). The van der Waals surface area contributed by atoms with Gasteiger partial charge in [0.15, 0.2) is 0 Å². The van der Waals surface area contributed by atoms with Crippen LogP contribution in [-0.4, -0.2) is 10.9 Å². The molecule has 1 nitrogen and oxygen atoms in total.